The molecule has 1 fully saturated rings. The van der Waals surface area contributed by atoms with Crippen LogP contribution in [0.25, 0.3) is 0 Å². The van der Waals surface area contributed by atoms with E-state index in [1.54, 1.807) is 4.90 Å². The molecule has 0 bridgehead atoms. The molecule has 2 aromatic carbocycles. The van der Waals surface area contributed by atoms with Gasteiger partial charge < -0.3 is 15.0 Å². The van der Waals surface area contributed by atoms with Crippen LogP contribution in [0.1, 0.15) is 23.1 Å². The van der Waals surface area contributed by atoms with E-state index in [1.807, 2.05) is 48.5 Å². The van der Waals surface area contributed by atoms with Crippen molar-refractivity contribution in [3.63, 3.8) is 0 Å². The lowest BCUT2D eigenvalue weighted by atomic mass is 10.1. The number of nitrogens with one attached hydrogen (secondary N) is 1. The van der Waals surface area contributed by atoms with Crippen molar-refractivity contribution < 1.29 is 17.9 Å². The zero-order chi connectivity index (χ0) is 18.9. The first-order valence-corrected chi connectivity index (χ1v) is 10.8. The van der Waals surface area contributed by atoms with E-state index in [0.717, 1.165) is 16.7 Å². The maximum Gasteiger partial charge on any atom is 0.322 e. The molecule has 2 aromatic rings. The standard InChI is InChI=1S/C20H22N2O4S/c23-20(21-18-7-6-16-12-26-13-17(16)10-18)22(11-15-4-2-1-3-5-15)19-8-9-27(24,25)14-19/h1-7,10,19H,8-9,11-14H2,(H,21,23)/t19-/m0/s1. The fourth-order valence-electron chi connectivity index (χ4n) is 3.61. The average Bonchev–Trinajstić information content (AvgIpc) is 3.26. The second-order valence-electron chi connectivity index (χ2n) is 7.08. The monoisotopic (exact) mass is 386 g/mol. The Balaban J connectivity index is 1.54. The molecule has 0 aliphatic carbocycles. The molecule has 1 saturated heterocycles. The molecular weight excluding hydrogens is 364 g/mol. The van der Waals surface area contributed by atoms with Crippen LogP contribution in [0.15, 0.2) is 48.5 Å². The van der Waals surface area contributed by atoms with Crippen molar-refractivity contribution in [2.24, 2.45) is 0 Å². The topological polar surface area (TPSA) is 75.7 Å². The van der Waals surface area contributed by atoms with Crippen molar-refractivity contribution in [2.45, 2.75) is 32.2 Å². The number of fused-ring (bicyclic) bond motifs is 1. The van der Waals surface area contributed by atoms with Crippen molar-refractivity contribution in [1.29, 1.82) is 0 Å². The molecule has 2 heterocycles. The fourth-order valence-corrected chi connectivity index (χ4v) is 5.34. The Morgan fingerprint density at radius 1 is 1.11 bits per heavy atom. The van der Waals surface area contributed by atoms with E-state index < -0.39 is 9.84 Å². The van der Waals surface area contributed by atoms with E-state index in [9.17, 15) is 13.2 Å². The molecule has 4 rings (SSSR count). The zero-order valence-corrected chi connectivity index (χ0v) is 15.7. The van der Waals surface area contributed by atoms with Gasteiger partial charge in [-0.25, -0.2) is 13.2 Å². The summed E-state index contributed by atoms with van der Waals surface area (Å²) in [7, 11) is -3.09. The second kappa shape index (κ2) is 7.32. The summed E-state index contributed by atoms with van der Waals surface area (Å²) in [5.41, 5.74) is 3.88. The van der Waals surface area contributed by atoms with Gasteiger partial charge in [-0.3, -0.25) is 0 Å². The molecule has 27 heavy (non-hydrogen) atoms. The molecule has 142 valence electrons. The SMILES string of the molecule is O=C(Nc1ccc2c(c1)COC2)N(Cc1ccccc1)[C@H]1CCS(=O)(=O)C1. The maximum atomic E-state index is 13.0. The van der Waals surface area contributed by atoms with Crippen LogP contribution in [0.2, 0.25) is 0 Å². The number of carbonyl (C=O) groups is 1. The van der Waals surface area contributed by atoms with Gasteiger partial charge >= 0.3 is 6.03 Å². The molecule has 0 unspecified atom stereocenters. The molecule has 1 N–H and O–H groups in total. The summed E-state index contributed by atoms with van der Waals surface area (Å²) in [6, 6.07) is 14.8. The van der Waals surface area contributed by atoms with Gasteiger partial charge in [0, 0.05) is 18.3 Å². The van der Waals surface area contributed by atoms with Crippen LogP contribution in [0.5, 0.6) is 0 Å². The molecule has 2 amide bonds. The second-order valence-corrected chi connectivity index (χ2v) is 9.31. The first-order chi connectivity index (χ1) is 13.0. The van der Waals surface area contributed by atoms with Gasteiger partial charge in [0.15, 0.2) is 9.84 Å². The van der Waals surface area contributed by atoms with Gasteiger partial charge in [-0.2, -0.15) is 0 Å². The average molecular weight is 386 g/mol. The number of carbonyl (C=O) groups excluding carboxylic acids is 1. The predicted molar refractivity (Wildman–Crippen MR) is 103 cm³/mol. The Kier molecular flexibility index (Phi) is 4.88. The summed E-state index contributed by atoms with van der Waals surface area (Å²) in [6.07, 6.45) is 0.473. The molecule has 7 heteroatoms. The quantitative estimate of drug-likeness (QED) is 0.877. The van der Waals surface area contributed by atoms with E-state index in [4.69, 9.17) is 4.74 Å². The minimum absolute atomic E-state index is 0.0191. The smallest absolute Gasteiger partial charge is 0.322 e. The summed E-state index contributed by atoms with van der Waals surface area (Å²) < 4.78 is 29.3. The normalized spacial score (nSPS) is 20.2. The third-order valence-corrected chi connectivity index (χ3v) is 6.83. The van der Waals surface area contributed by atoms with Crippen LogP contribution in [0, 0.1) is 0 Å². The number of rotatable bonds is 4. The fraction of sp³-hybridized carbons (Fsp3) is 0.350. The van der Waals surface area contributed by atoms with Gasteiger partial charge in [0.1, 0.15) is 0 Å². The van der Waals surface area contributed by atoms with Gasteiger partial charge in [0.05, 0.1) is 24.7 Å². The Morgan fingerprint density at radius 2 is 1.89 bits per heavy atom. The van der Waals surface area contributed by atoms with Crippen LogP contribution in [-0.4, -0.2) is 36.9 Å². The Morgan fingerprint density at radius 3 is 2.63 bits per heavy atom. The van der Waals surface area contributed by atoms with E-state index in [2.05, 4.69) is 5.32 Å². The highest BCUT2D eigenvalue weighted by Crippen LogP contribution is 2.25. The van der Waals surface area contributed by atoms with E-state index in [-0.39, 0.29) is 23.6 Å². The highest BCUT2D eigenvalue weighted by atomic mass is 32.2. The highest BCUT2D eigenvalue weighted by molar-refractivity contribution is 7.91. The lowest BCUT2D eigenvalue weighted by molar-refractivity contribution is 0.134. The first-order valence-electron chi connectivity index (χ1n) is 9.02. The number of sulfone groups is 1. The predicted octanol–water partition coefficient (Wildman–Crippen LogP) is 2.94. The number of ether oxygens (including phenoxy) is 1. The summed E-state index contributed by atoms with van der Waals surface area (Å²) in [5.74, 6) is 0.150. The molecule has 2 aliphatic heterocycles. The van der Waals surface area contributed by atoms with Crippen LogP contribution >= 0.6 is 0 Å². The zero-order valence-electron chi connectivity index (χ0n) is 14.9. The van der Waals surface area contributed by atoms with Gasteiger partial charge in [-0.1, -0.05) is 36.4 Å². The number of nitrogens with zero attached hydrogens (tertiary/aromatic N) is 1. The minimum Gasteiger partial charge on any atom is -0.372 e. The first kappa shape index (κ1) is 18.0. The summed E-state index contributed by atoms with van der Waals surface area (Å²) >= 11 is 0. The molecule has 2 aliphatic rings. The lowest BCUT2D eigenvalue weighted by Crippen LogP contribution is -2.43. The maximum absolute atomic E-state index is 13.0. The number of benzene rings is 2. The van der Waals surface area contributed by atoms with Crippen LogP contribution in [0.4, 0.5) is 10.5 Å². The van der Waals surface area contributed by atoms with Gasteiger partial charge in [0.25, 0.3) is 0 Å². The number of amides is 2. The summed E-state index contributed by atoms with van der Waals surface area (Å²) in [5, 5.41) is 2.93. The van der Waals surface area contributed by atoms with E-state index in [1.165, 1.54) is 0 Å². The van der Waals surface area contributed by atoms with Crippen molar-refractivity contribution in [3.8, 4) is 0 Å². The third kappa shape index (κ3) is 4.14. The van der Waals surface area contributed by atoms with E-state index >= 15 is 0 Å². The van der Waals surface area contributed by atoms with E-state index in [0.29, 0.717) is 31.9 Å². The molecule has 1 atom stereocenters. The van der Waals surface area contributed by atoms with Crippen LogP contribution in [0.3, 0.4) is 0 Å². The number of urea groups is 1. The largest absolute Gasteiger partial charge is 0.372 e. The molecule has 0 spiro atoms. The molecular formula is C20H22N2O4S. The van der Waals surface area contributed by atoms with Crippen LogP contribution < -0.4 is 5.32 Å². The van der Waals surface area contributed by atoms with Gasteiger partial charge in [-0.15, -0.1) is 0 Å². The Labute approximate surface area is 159 Å². The van der Waals surface area contributed by atoms with Crippen LogP contribution in [-0.2, 0) is 34.3 Å². The van der Waals surface area contributed by atoms with Gasteiger partial charge in [0.2, 0.25) is 0 Å². The lowest BCUT2D eigenvalue weighted by Gasteiger charge is -2.28. The van der Waals surface area contributed by atoms with Crippen molar-refractivity contribution in [3.05, 3.63) is 65.2 Å². The summed E-state index contributed by atoms with van der Waals surface area (Å²) in [6.45, 7) is 1.53. The Bertz CT molecular complexity index is 944. The van der Waals surface area contributed by atoms with Crippen molar-refractivity contribution in [1.82, 2.24) is 4.90 Å². The summed E-state index contributed by atoms with van der Waals surface area (Å²) in [4.78, 5) is 14.6. The Hall–Kier alpha value is -2.38. The third-order valence-electron chi connectivity index (χ3n) is 5.08. The van der Waals surface area contributed by atoms with Crippen molar-refractivity contribution in [2.75, 3.05) is 16.8 Å². The highest BCUT2D eigenvalue weighted by Gasteiger charge is 2.34. The van der Waals surface area contributed by atoms with Crippen molar-refractivity contribution >= 4 is 21.6 Å². The molecule has 0 radical (unpaired) electrons. The number of anilines is 1. The minimum atomic E-state index is -3.09. The molecule has 0 aromatic heterocycles. The molecule has 0 saturated carbocycles. The molecule has 6 nitrogen and oxygen atoms in total. The number of hydrogen-bond acceptors (Lipinski definition) is 4. The van der Waals surface area contributed by atoms with Gasteiger partial charge in [-0.05, 0) is 35.2 Å². The number of hydrogen-bond donors (Lipinski definition) is 1.